The van der Waals surface area contributed by atoms with Gasteiger partial charge in [-0.15, -0.1) is 0 Å². The second kappa shape index (κ2) is 9.68. The van der Waals surface area contributed by atoms with Gasteiger partial charge in [-0.25, -0.2) is 0 Å². The maximum Gasteiger partial charge on any atom is 0.253 e. The van der Waals surface area contributed by atoms with E-state index in [1.807, 2.05) is 17.0 Å². The van der Waals surface area contributed by atoms with Gasteiger partial charge < -0.3 is 19.7 Å². The number of allylic oxidation sites excluding steroid dienone is 2. The number of rotatable bonds is 8. The number of methoxy groups -OCH3 is 2. The van der Waals surface area contributed by atoms with Crippen LogP contribution in [0.15, 0.2) is 48.6 Å². The second-order valence-electron chi connectivity index (χ2n) is 8.68. The molecule has 2 aromatic carbocycles. The number of nitrogens with one attached hydrogen (secondary N) is 1. The number of carbonyl (C=O) groups excluding carboxylic acids is 1. The first-order valence-corrected chi connectivity index (χ1v) is 11.7. The van der Waals surface area contributed by atoms with Crippen molar-refractivity contribution in [3.63, 3.8) is 0 Å². The number of hydrogen-bond donors (Lipinski definition) is 1. The molecule has 1 heterocycles. The lowest BCUT2D eigenvalue weighted by molar-refractivity contribution is 0.0755. The van der Waals surface area contributed by atoms with Crippen LogP contribution in [0.2, 0.25) is 0 Å². The second-order valence-corrected chi connectivity index (χ2v) is 8.68. The van der Waals surface area contributed by atoms with E-state index in [9.17, 15) is 4.79 Å². The van der Waals surface area contributed by atoms with E-state index in [1.165, 1.54) is 11.1 Å². The third-order valence-electron chi connectivity index (χ3n) is 6.65. The maximum absolute atomic E-state index is 13.2. The number of ether oxygens (including phenoxy) is 2. The molecule has 0 saturated heterocycles. The van der Waals surface area contributed by atoms with Crippen LogP contribution < -0.4 is 14.8 Å². The Morgan fingerprint density at radius 3 is 2.47 bits per heavy atom. The molecule has 0 fully saturated rings. The Labute approximate surface area is 191 Å². The van der Waals surface area contributed by atoms with Gasteiger partial charge in [0.05, 0.1) is 20.3 Å². The molecule has 1 N–H and O–H groups in total. The van der Waals surface area contributed by atoms with Gasteiger partial charge in [0.1, 0.15) is 0 Å². The molecule has 3 unspecified atom stereocenters. The normalized spacial score (nSPS) is 20.8. The number of carbonyl (C=O) groups is 1. The minimum atomic E-state index is 0.136. The first-order valence-electron chi connectivity index (χ1n) is 11.7. The van der Waals surface area contributed by atoms with Crippen LogP contribution in [0.4, 0.5) is 5.69 Å². The van der Waals surface area contributed by atoms with Crippen molar-refractivity contribution >= 4 is 11.6 Å². The minimum Gasteiger partial charge on any atom is -0.493 e. The smallest absolute Gasteiger partial charge is 0.253 e. The Hall–Kier alpha value is -2.95. The first-order chi connectivity index (χ1) is 15.6. The maximum atomic E-state index is 13.2. The zero-order chi connectivity index (χ0) is 22.7. The molecule has 32 heavy (non-hydrogen) atoms. The number of benzene rings is 2. The van der Waals surface area contributed by atoms with E-state index in [4.69, 9.17) is 9.47 Å². The van der Waals surface area contributed by atoms with Crippen LogP contribution in [0.5, 0.6) is 11.5 Å². The molecule has 2 aliphatic rings. The summed E-state index contributed by atoms with van der Waals surface area (Å²) in [6.07, 6.45) is 7.53. The van der Waals surface area contributed by atoms with Crippen molar-refractivity contribution in [2.45, 2.75) is 45.1 Å². The van der Waals surface area contributed by atoms with Gasteiger partial charge in [-0.1, -0.05) is 32.1 Å². The highest BCUT2D eigenvalue weighted by Gasteiger charge is 2.38. The molecular weight excluding hydrogens is 400 g/mol. The van der Waals surface area contributed by atoms with Crippen molar-refractivity contribution < 1.29 is 14.3 Å². The highest BCUT2D eigenvalue weighted by molar-refractivity contribution is 5.95. The van der Waals surface area contributed by atoms with Crippen LogP contribution in [-0.2, 0) is 0 Å². The summed E-state index contributed by atoms with van der Waals surface area (Å²) in [6, 6.07) is 12.5. The average molecular weight is 435 g/mol. The van der Waals surface area contributed by atoms with E-state index >= 15 is 0 Å². The lowest BCUT2D eigenvalue weighted by Gasteiger charge is -2.38. The summed E-state index contributed by atoms with van der Waals surface area (Å²) in [4.78, 5) is 15.2. The molecule has 0 aromatic heterocycles. The summed E-state index contributed by atoms with van der Waals surface area (Å²) in [5, 5.41) is 3.76. The summed E-state index contributed by atoms with van der Waals surface area (Å²) in [5.41, 5.74) is 4.30. The van der Waals surface area contributed by atoms with Crippen molar-refractivity contribution in [3.8, 4) is 11.5 Å². The monoisotopic (exact) mass is 434 g/mol. The number of nitrogens with zero attached hydrogens (tertiary/aromatic N) is 1. The molecule has 0 bridgehead atoms. The Kier molecular flexibility index (Phi) is 6.73. The SMILES string of the molecule is CCCN(CCC)C(=O)c1ccc2c(c1)C1C=CCC1C(c1ccc(OC)c(OC)c1)N2. The van der Waals surface area contributed by atoms with Gasteiger partial charge in [0.2, 0.25) is 0 Å². The topological polar surface area (TPSA) is 50.8 Å². The minimum absolute atomic E-state index is 0.136. The van der Waals surface area contributed by atoms with Crippen molar-refractivity contribution in [1.82, 2.24) is 4.90 Å². The standard InChI is InChI=1S/C27H34N2O3/c1-5-14-29(15-6-2)27(30)19-10-12-23-22(16-19)20-8-7-9-21(20)26(28-23)18-11-13-24(31-3)25(17-18)32-4/h7-8,10-13,16-17,20-21,26,28H,5-6,9,14-15H2,1-4H3. The van der Waals surface area contributed by atoms with Crippen molar-refractivity contribution in [2.24, 2.45) is 5.92 Å². The summed E-state index contributed by atoms with van der Waals surface area (Å²) in [5.74, 6) is 2.31. The highest BCUT2D eigenvalue weighted by atomic mass is 16.5. The van der Waals surface area contributed by atoms with Gasteiger partial charge in [0.25, 0.3) is 5.91 Å². The molecule has 4 rings (SSSR count). The predicted molar refractivity (Wildman–Crippen MR) is 129 cm³/mol. The largest absolute Gasteiger partial charge is 0.493 e. The third-order valence-corrected chi connectivity index (χ3v) is 6.65. The Balaban J connectivity index is 1.66. The first kappa shape index (κ1) is 22.3. The highest BCUT2D eigenvalue weighted by Crippen LogP contribution is 2.50. The molecular formula is C27H34N2O3. The quantitative estimate of drug-likeness (QED) is 0.534. The molecule has 1 aliphatic carbocycles. The molecule has 5 nitrogen and oxygen atoms in total. The lowest BCUT2D eigenvalue weighted by Crippen LogP contribution is -2.33. The zero-order valence-electron chi connectivity index (χ0n) is 19.6. The fourth-order valence-electron chi connectivity index (χ4n) is 5.14. The van der Waals surface area contributed by atoms with Crippen LogP contribution in [0.3, 0.4) is 0 Å². The van der Waals surface area contributed by atoms with Crippen molar-refractivity contribution in [3.05, 3.63) is 65.2 Å². The van der Waals surface area contributed by atoms with E-state index < -0.39 is 0 Å². The van der Waals surface area contributed by atoms with E-state index in [0.29, 0.717) is 11.8 Å². The molecule has 2 aromatic rings. The van der Waals surface area contributed by atoms with E-state index in [2.05, 4.69) is 55.6 Å². The van der Waals surface area contributed by atoms with Gasteiger partial charge in [0, 0.05) is 30.3 Å². The molecule has 0 saturated carbocycles. The van der Waals surface area contributed by atoms with Gasteiger partial charge >= 0.3 is 0 Å². The van der Waals surface area contributed by atoms with Crippen LogP contribution in [0.1, 0.15) is 66.6 Å². The number of fused-ring (bicyclic) bond motifs is 3. The summed E-state index contributed by atoms with van der Waals surface area (Å²) in [7, 11) is 3.33. The van der Waals surface area contributed by atoms with Gasteiger partial charge in [-0.3, -0.25) is 4.79 Å². The molecule has 170 valence electrons. The fraction of sp³-hybridized carbons (Fsp3) is 0.444. The summed E-state index contributed by atoms with van der Waals surface area (Å²) >= 11 is 0. The predicted octanol–water partition coefficient (Wildman–Crippen LogP) is 5.79. The van der Waals surface area contributed by atoms with Crippen molar-refractivity contribution in [1.29, 1.82) is 0 Å². The Bertz CT molecular complexity index is 994. The van der Waals surface area contributed by atoms with E-state index in [1.54, 1.807) is 14.2 Å². The Morgan fingerprint density at radius 1 is 1.03 bits per heavy atom. The third kappa shape index (κ3) is 4.08. The summed E-state index contributed by atoms with van der Waals surface area (Å²) < 4.78 is 11.0. The molecule has 1 aliphatic heterocycles. The van der Waals surface area contributed by atoms with Crippen LogP contribution in [0, 0.1) is 5.92 Å². The van der Waals surface area contributed by atoms with E-state index in [0.717, 1.165) is 55.1 Å². The number of hydrogen-bond acceptors (Lipinski definition) is 4. The van der Waals surface area contributed by atoms with Gasteiger partial charge in [-0.05, 0) is 66.6 Å². The molecule has 0 radical (unpaired) electrons. The molecule has 3 atom stereocenters. The average Bonchev–Trinajstić information content (AvgIpc) is 3.32. The van der Waals surface area contributed by atoms with E-state index in [-0.39, 0.29) is 11.9 Å². The zero-order valence-corrected chi connectivity index (χ0v) is 19.6. The van der Waals surface area contributed by atoms with Gasteiger partial charge in [-0.2, -0.15) is 0 Å². The van der Waals surface area contributed by atoms with Gasteiger partial charge in [0.15, 0.2) is 11.5 Å². The van der Waals surface area contributed by atoms with Crippen LogP contribution in [0.25, 0.3) is 0 Å². The molecule has 0 spiro atoms. The summed E-state index contributed by atoms with van der Waals surface area (Å²) in [6.45, 7) is 5.84. The lowest BCUT2D eigenvalue weighted by atomic mass is 9.76. The fourth-order valence-corrected chi connectivity index (χ4v) is 5.14. The Morgan fingerprint density at radius 2 is 1.78 bits per heavy atom. The van der Waals surface area contributed by atoms with Crippen molar-refractivity contribution in [2.75, 3.05) is 32.6 Å². The van der Waals surface area contributed by atoms with Crippen LogP contribution >= 0.6 is 0 Å². The molecule has 1 amide bonds. The number of amides is 1. The molecule has 5 heteroatoms. The van der Waals surface area contributed by atoms with Crippen LogP contribution in [-0.4, -0.2) is 38.1 Å². The number of anilines is 1.